The lowest BCUT2D eigenvalue weighted by molar-refractivity contribution is 0.245. The molecule has 4 aliphatic rings. The van der Waals surface area contributed by atoms with Crippen molar-refractivity contribution in [1.29, 1.82) is 0 Å². The number of fused-ring (bicyclic) bond motifs is 1. The van der Waals surface area contributed by atoms with Crippen LogP contribution in [0.4, 0.5) is 0 Å². The number of rotatable bonds is 1. The Balaban J connectivity index is 2.01. The largest absolute Gasteiger partial charge is 0.0732 e. The minimum atomic E-state index is 0.412. The van der Waals surface area contributed by atoms with Crippen molar-refractivity contribution in [2.24, 2.45) is 16.7 Å². The molecule has 88 valence electrons. The van der Waals surface area contributed by atoms with E-state index in [1.807, 2.05) is 0 Å². The fourth-order valence-corrected chi connectivity index (χ4v) is 4.51. The maximum atomic E-state index is 2.53. The molecule has 0 aromatic carbocycles. The van der Waals surface area contributed by atoms with E-state index in [4.69, 9.17) is 0 Å². The molecule has 1 unspecified atom stereocenters. The maximum Gasteiger partial charge on any atom is 0.0117 e. The van der Waals surface area contributed by atoms with Crippen LogP contribution in [0.3, 0.4) is 0 Å². The summed E-state index contributed by atoms with van der Waals surface area (Å²) in [7, 11) is 0. The summed E-state index contributed by atoms with van der Waals surface area (Å²) in [6, 6.07) is 0. The van der Waals surface area contributed by atoms with Gasteiger partial charge in [-0.25, -0.2) is 0 Å². The van der Waals surface area contributed by atoms with Gasteiger partial charge in [0.05, 0.1) is 0 Å². The van der Waals surface area contributed by atoms with Crippen LogP contribution in [-0.2, 0) is 0 Å². The Bertz CT molecular complexity index is 386. The molecule has 0 aliphatic heterocycles. The number of hydrogen-bond donors (Lipinski definition) is 0. The van der Waals surface area contributed by atoms with Crippen molar-refractivity contribution < 1.29 is 0 Å². The highest BCUT2D eigenvalue weighted by Gasteiger charge is 2.53. The van der Waals surface area contributed by atoms with Crippen molar-refractivity contribution in [2.75, 3.05) is 0 Å². The van der Waals surface area contributed by atoms with Crippen LogP contribution in [0.15, 0.2) is 22.8 Å². The molecule has 0 saturated heterocycles. The molecule has 1 fully saturated rings. The zero-order chi connectivity index (χ0) is 11.6. The Morgan fingerprint density at radius 2 is 1.69 bits per heavy atom. The van der Waals surface area contributed by atoms with Gasteiger partial charge in [-0.05, 0) is 40.9 Å². The van der Waals surface area contributed by atoms with Crippen molar-refractivity contribution in [3.8, 4) is 0 Å². The molecule has 0 spiro atoms. The van der Waals surface area contributed by atoms with E-state index in [1.54, 1.807) is 16.7 Å². The fourth-order valence-electron chi connectivity index (χ4n) is 4.51. The Labute approximate surface area is 99.8 Å². The maximum absolute atomic E-state index is 2.53. The molecule has 0 heterocycles. The van der Waals surface area contributed by atoms with Gasteiger partial charge in [0.1, 0.15) is 0 Å². The summed E-state index contributed by atoms with van der Waals surface area (Å²) >= 11 is 0. The monoisotopic (exact) mass is 216 g/mol. The third-order valence-corrected chi connectivity index (χ3v) is 5.32. The highest BCUT2D eigenvalue weighted by atomic mass is 14.6. The molecular formula is C16H24. The predicted molar refractivity (Wildman–Crippen MR) is 69.2 cm³/mol. The SMILES string of the molecule is CC1C=C2C(C3(C)CCCCC3)=C1C2(C)C. The van der Waals surface area contributed by atoms with E-state index in [1.165, 1.54) is 32.1 Å². The summed E-state index contributed by atoms with van der Waals surface area (Å²) in [6.45, 7) is 9.71. The first-order chi connectivity index (χ1) is 7.47. The average molecular weight is 216 g/mol. The summed E-state index contributed by atoms with van der Waals surface area (Å²) in [5, 5.41) is 0. The van der Waals surface area contributed by atoms with Crippen molar-refractivity contribution in [2.45, 2.75) is 59.8 Å². The molecular weight excluding hydrogens is 192 g/mol. The Kier molecular flexibility index (Phi) is 2.01. The summed E-state index contributed by atoms with van der Waals surface area (Å²) < 4.78 is 0. The predicted octanol–water partition coefficient (Wildman–Crippen LogP) is 4.87. The van der Waals surface area contributed by atoms with E-state index >= 15 is 0 Å². The molecule has 0 aromatic rings. The molecule has 0 aromatic heterocycles. The van der Waals surface area contributed by atoms with E-state index in [0.717, 1.165) is 5.92 Å². The topological polar surface area (TPSA) is 0 Å². The average Bonchev–Trinajstić information content (AvgIpc) is 2.69. The first kappa shape index (κ1) is 10.6. The Morgan fingerprint density at radius 3 is 2.12 bits per heavy atom. The molecule has 0 heteroatoms. The van der Waals surface area contributed by atoms with Crippen LogP contribution in [0.2, 0.25) is 0 Å². The van der Waals surface area contributed by atoms with Gasteiger partial charge in [0, 0.05) is 5.41 Å². The smallest absolute Gasteiger partial charge is 0.0117 e. The van der Waals surface area contributed by atoms with E-state index < -0.39 is 0 Å². The lowest BCUT2D eigenvalue weighted by Gasteiger charge is -2.49. The van der Waals surface area contributed by atoms with Crippen LogP contribution < -0.4 is 0 Å². The van der Waals surface area contributed by atoms with E-state index in [9.17, 15) is 0 Å². The molecule has 4 aliphatic carbocycles. The summed E-state index contributed by atoms with van der Waals surface area (Å²) in [5.41, 5.74) is 6.19. The summed E-state index contributed by atoms with van der Waals surface area (Å²) in [5.74, 6) is 0.721. The fraction of sp³-hybridized carbons (Fsp3) is 0.750. The highest BCUT2D eigenvalue weighted by Crippen LogP contribution is 2.66. The Morgan fingerprint density at radius 1 is 1.06 bits per heavy atom. The molecule has 1 atom stereocenters. The van der Waals surface area contributed by atoms with Crippen LogP contribution in [0.1, 0.15) is 59.8 Å². The molecule has 16 heavy (non-hydrogen) atoms. The molecule has 0 N–H and O–H groups in total. The quantitative estimate of drug-likeness (QED) is 0.586. The minimum absolute atomic E-state index is 0.412. The van der Waals surface area contributed by atoms with Gasteiger partial charge in [-0.2, -0.15) is 0 Å². The van der Waals surface area contributed by atoms with Gasteiger partial charge in [-0.1, -0.05) is 53.0 Å². The molecule has 1 saturated carbocycles. The lowest BCUT2D eigenvalue weighted by Crippen LogP contribution is -2.37. The van der Waals surface area contributed by atoms with Crippen LogP contribution in [0, 0.1) is 16.7 Å². The highest BCUT2D eigenvalue weighted by molar-refractivity contribution is 5.65. The van der Waals surface area contributed by atoms with Crippen LogP contribution in [0.5, 0.6) is 0 Å². The molecule has 2 bridgehead atoms. The van der Waals surface area contributed by atoms with Gasteiger partial charge < -0.3 is 0 Å². The van der Waals surface area contributed by atoms with Crippen LogP contribution >= 0.6 is 0 Å². The van der Waals surface area contributed by atoms with Gasteiger partial charge in [0.25, 0.3) is 0 Å². The number of allylic oxidation sites excluding steroid dienone is 4. The molecule has 0 radical (unpaired) electrons. The minimum Gasteiger partial charge on any atom is -0.0732 e. The first-order valence-electron chi connectivity index (χ1n) is 6.95. The van der Waals surface area contributed by atoms with Crippen LogP contribution in [0.25, 0.3) is 0 Å². The summed E-state index contributed by atoms with van der Waals surface area (Å²) in [6.07, 6.45) is 9.71. The van der Waals surface area contributed by atoms with Crippen molar-refractivity contribution in [3.63, 3.8) is 0 Å². The van der Waals surface area contributed by atoms with E-state index in [0.29, 0.717) is 10.8 Å². The van der Waals surface area contributed by atoms with Crippen molar-refractivity contribution >= 4 is 0 Å². The third-order valence-electron chi connectivity index (χ3n) is 5.32. The normalized spacial score (nSPS) is 34.8. The van der Waals surface area contributed by atoms with Gasteiger partial charge in [-0.3, -0.25) is 0 Å². The standard InChI is InChI=1S/C16H24/c1-11-10-12-14(13(11)15(12,2)3)16(4)8-6-5-7-9-16/h10-11H,5-9H2,1-4H3. The zero-order valence-corrected chi connectivity index (χ0v) is 11.2. The van der Waals surface area contributed by atoms with Gasteiger partial charge in [-0.15, -0.1) is 0 Å². The second-order valence-electron chi connectivity index (χ2n) is 6.90. The summed E-state index contributed by atoms with van der Waals surface area (Å²) in [4.78, 5) is 0. The third kappa shape index (κ3) is 1.11. The first-order valence-corrected chi connectivity index (χ1v) is 6.95. The molecule has 4 rings (SSSR count). The molecule has 0 amide bonds. The number of hydrogen-bond acceptors (Lipinski definition) is 0. The van der Waals surface area contributed by atoms with Gasteiger partial charge in [0.15, 0.2) is 0 Å². The van der Waals surface area contributed by atoms with Crippen LogP contribution in [-0.4, -0.2) is 0 Å². The van der Waals surface area contributed by atoms with Crippen molar-refractivity contribution in [1.82, 2.24) is 0 Å². The lowest BCUT2D eigenvalue weighted by atomic mass is 9.55. The Hall–Kier alpha value is -0.520. The zero-order valence-electron chi connectivity index (χ0n) is 11.2. The van der Waals surface area contributed by atoms with Gasteiger partial charge in [0.2, 0.25) is 0 Å². The van der Waals surface area contributed by atoms with E-state index in [2.05, 4.69) is 33.8 Å². The van der Waals surface area contributed by atoms with E-state index in [-0.39, 0.29) is 0 Å². The molecule has 0 nitrogen and oxygen atoms in total. The van der Waals surface area contributed by atoms with Crippen molar-refractivity contribution in [3.05, 3.63) is 22.8 Å². The van der Waals surface area contributed by atoms with Gasteiger partial charge >= 0.3 is 0 Å². The second kappa shape index (κ2) is 3.03. The second-order valence-corrected chi connectivity index (χ2v) is 6.90.